The minimum Gasteiger partial charge on any atom is -0.394 e. The fourth-order valence-corrected chi connectivity index (χ4v) is 6.82. The molecule has 11 nitrogen and oxygen atoms in total. The number of imidazole rings is 1. The number of nitrogens with zero attached hydrogens (tertiary/aromatic N) is 6. The fourth-order valence-electron chi connectivity index (χ4n) is 3.84. The molecule has 0 aromatic carbocycles. The summed E-state index contributed by atoms with van der Waals surface area (Å²) in [5, 5.41) is 12.9. The lowest BCUT2D eigenvalue weighted by molar-refractivity contribution is -0.0474. The van der Waals surface area contributed by atoms with Crippen LogP contribution in [0.3, 0.4) is 0 Å². The Labute approximate surface area is 183 Å². The predicted octanol–water partition coefficient (Wildman–Crippen LogP) is 1.03. The third-order valence-electron chi connectivity index (χ3n) is 5.20. The molecule has 2 fully saturated rings. The number of rotatable bonds is 8. The summed E-state index contributed by atoms with van der Waals surface area (Å²) in [5.41, 5.74) is 1.16. The lowest BCUT2D eigenvalue weighted by Crippen LogP contribution is -2.39. The fraction of sp³-hybridized carbons (Fsp3) is 0.688. The van der Waals surface area contributed by atoms with Crippen LogP contribution in [0.4, 0.5) is 5.82 Å². The Balaban J connectivity index is 1.69. The molecular weight excluding hydrogens is 456 g/mol. The maximum atomic E-state index is 13.6. The minimum atomic E-state index is -3.42. The van der Waals surface area contributed by atoms with E-state index < -0.39 is 32.1 Å². The number of aliphatic hydroxyl groups excluding tert-OH is 1. The summed E-state index contributed by atoms with van der Waals surface area (Å²) in [6.45, 7) is 0.436. The highest BCUT2D eigenvalue weighted by Crippen LogP contribution is 2.58. The normalized spacial score (nSPS) is 31.0. The van der Waals surface area contributed by atoms with E-state index in [4.69, 9.17) is 32.5 Å². The Bertz CT molecular complexity index is 941. The first kappa shape index (κ1) is 22.2. The molecule has 0 bridgehead atoms. The molecule has 2 N–H and O–H groups in total. The monoisotopic (exact) mass is 479 g/mol. The van der Waals surface area contributed by atoms with E-state index in [1.165, 1.54) is 6.33 Å². The van der Waals surface area contributed by atoms with Crippen molar-refractivity contribution in [1.82, 2.24) is 29.3 Å². The zero-order chi connectivity index (χ0) is 21.5. The maximum Gasteiger partial charge on any atom is 0.344 e. The number of alkyl halides is 2. The molecule has 2 aromatic rings. The highest BCUT2D eigenvalue weighted by molar-refractivity contribution is 7.54. The van der Waals surface area contributed by atoms with Crippen LogP contribution in [-0.2, 0) is 13.8 Å². The summed E-state index contributed by atoms with van der Waals surface area (Å²) < 4.78 is 29.0. The Hall–Kier alpha value is -1.04. The third-order valence-corrected chi connectivity index (χ3v) is 7.84. The van der Waals surface area contributed by atoms with Crippen molar-refractivity contribution in [2.45, 2.75) is 24.5 Å². The molecule has 0 aliphatic carbocycles. The first-order valence-electron chi connectivity index (χ1n) is 9.48. The molecule has 4 heterocycles. The average molecular weight is 480 g/mol. The van der Waals surface area contributed by atoms with E-state index in [0.717, 1.165) is 0 Å². The summed E-state index contributed by atoms with van der Waals surface area (Å²) >= 11 is 11.8. The van der Waals surface area contributed by atoms with Gasteiger partial charge in [0.15, 0.2) is 23.2 Å². The number of ether oxygens (including phenoxy) is 1. The number of hydrogen-bond donors (Lipinski definition) is 2. The highest BCUT2D eigenvalue weighted by atomic mass is 35.5. The number of nitrogens with one attached hydrogen (secondary N) is 1. The van der Waals surface area contributed by atoms with Crippen LogP contribution >= 0.6 is 30.9 Å². The van der Waals surface area contributed by atoms with E-state index in [-0.39, 0.29) is 18.4 Å². The van der Waals surface area contributed by atoms with Crippen molar-refractivity contribution < 1.29 is 18.9 Å². The molecule has 30 heavy (non-hydrogen) atoms. The topological polar surface area (TPSA) is 118 Å². The summed E-state index contributed by atoms with van der Waals surface area (Å²) in [6.07, 6.45) is 1.12. The number of hydrogen-bond acceptors (Lipinski definition) is 8. The Morgan fingerprint density at radius 1 is 1.27 bits per heavy atom. The standard InChI is InChI=1S/C16H24Cl2N7O4P/c1-23(2)14-12-15(20-8-19-14)25(9-21-12)16-13-11(10(7-26)28-16)22-30(27,29-13)24(5-3-17)6-4-18/h8-11,13,16,26H,3-7H2,1-2H3,(H,22,27)/t10-,11+,13-,16-,30+/m1/s1. The van der Waals surface area contributed by atoms with E-state index in [1.54, 1.807) is 15.6 Å². The summed E-state index contributed by atoms with van der Waals surface area (Å²) in [4.78, 5) is 14.9. The number of fused-ring (bicyclic) bond motifs is 2. The van der Waals surface area contributed by atoms with Crippen LogP contribution in [0.2, 0.25) is 0 Å². The SMILES string of the molecule is CN(C)c1ncnc2c1ncn2[C@@H]1O[C@H](CO)[C@@H]2N[P@@](=O)(N(CCCl)CCCl)O[C@H]21. The van der Waals surface area contributed by atoms with Gasteiger partial charge in [-0.15, -0.1) is 23.2 Å². The zero-order valence-corrected chi connectivity index (χ0v) is 19.0. The van der Waals surface area contributed by atoms with Crippen molar-refractivity contribution in [3.05, 3.63) is 12.7 Å². The Morgan fingerprint density at radius 2 is 2.00 bits per heavy atom. The van der Waals surface area contributed by atoms with Gasteiger partial charge in [0.05, 0.1) is 19.0 Å². The molecular formula is C16H24Cl2N7O4P. The van der Waals surface area contributed by atoms with E-state index in [1.807, 2.05) is 19.0 Å². The van der Waals surface area contributed by atoms with Gasteiger partial charge in [-0.2, -0.15) is 0 Å². The smallest absolute Gasteiger partial charge is 0.344 e. The van der Waals surface area contributed by atoms with Gasteiger partial charge < -0.3 is 14.7 Å². The average Bonchev–Trinajstić information content (AvgIpc) is 3.39. The van der Waals surface area contributed by atoms with Crippen LogP contribution in [-0.4, -0.2) is 93.1 Å². The maximum absolute atomic E-state index is 13.6. The molecule has 2 aromatic heterocycles. The highest BCUT2D eigenvalue weighted by Gasteiger charge is 2.57. The van der Waals surface area contributed by atoms with Crippen molar-refractivity contribution >= 4 is 47.9 Å². The molecule has 0 amide bonds. The van der Waals surface area contributed by atoms with Gasteiger partial charge in [-0.25, -0.2) is 24.7 Å². The molecule has 0 radical (unpaired) electrons. The van der Waals surface area contributed by atoms with Gasteiger partial charge in [0, 0.05) is 38.9 Å². The van der Waals surface area contributed by atoms with Crippen molar-refractivity contribution in [3.63, 3.8) is 0 Å². The van der Waals surface area contributed by atoms with E-state index in [2.05, 4.69) is 20.0 Å². The third kappa shape index (κ3) is 3.71. The lowest BCUT2D eigenvalue weighted by Gasteiger charge is -2.28. The summed E-state index contributed by atoms with van der Waals surface area (Å²) in [5.74, 6) is 1.22. The van der Waals surface area contributed by atoms with Crippen LogP contribution in [0, 0.1) is 0 Å². The van der Waals surface area contributed by atoms with Gasteiger partial charge in [-0.1, -0.05) is 0 Å². The largest absolute Gasteiger partial charge is 0.394 e. The number of halogens is 2. The second-order valence-corrected chi connectivity index (χ2v) is 10.1. The van der Waals surface area contributed by atoms with E-state index in [0.29, 0.717) is 30.1 Å². The molecule has 2 saturated heterocycles. The van der Waals surface area contributed by atoms with E-state index >= 15 is 0 Å². The summed E-state index contributed by atoms with van der Waals surface area (Å²) in [6, 6.07) is -0.480. The molecule has 2 aliphatic rings. The van der Waals surface area contributed by atoms with Gasteiger partial charge in [-0.3, -0.25) is 13.7 Å². The first-order chi connectivity index (χ1) is 14.4. The van der Waals surface area contributed by atoms with Crippen LogP contribution < -0.4 is 9.99 Å². The molecule has 14 heteroatoms. The lowest BCUT2D eigenvalue weighted by atomic mass is 10.1. The minimum absolute atomic E-state index is 0.260. The van der Waals surface area contributed by atoms with Gasteiger partial charge in [0.25, 0.3) is 0 Å². The first-order valence-corrected chi connectivity index (χ1v) is 12.1. The van der Waals surface area contributed by atoms with Gasteiger partial charge in [0.2, 0.25) is 0 Å². The Morgan fingerprint density at radius 3 is 2.63 bits per heavy atom. The zero-order valence-electron chi connectivity index (χ0n) is 16.6. The van der Waals surface area contributed by atoms with Crippen LogP contribution in [0.5, 0.6) is 0 Å². The van der Waals surface area contributed by atoms with Gasteiger partial charge >= 0.3 is 7.67 Å². The number of aliphatic hydroxyl groups is 1. The molecule has 2 aliphatic heterocycles. The molecule has 5 atom stereocenters. The molecule has 0 saturated carbocycles. The summed E-state index contributed by atoms with van der Waals surface area (Å²) in [7, 11) is 0.319. The number of anilines is 1. The van der Waals surface area contributed by atoms with Crippen LogP contribution in [0.1, 0.15) is 6.23 Å². The van der Waals surface area contributed by atoms with Crippen LogP contribution in [0.15, 0.2) is 12.7 Å². The van der Waals surface area contributed by atoms with Gasteiger partial charge in [-0.05, 0) is 0 Å². The second-order valence-electron chi connectivity index (χ2n) is 7.24. The Kier molecular flexibility index (Phi) is 6.53. The van der Waals surface area contributed by atoms with Crippen molar-refractivity contribution in [3.8, 4) is 0 Å². The molecule has 166 valence electrons. The molecule has 0 unspecified atom stereocenters. The van der Waals surface area contributed by atoms with E-state index in [9.17, 15) is 9.67 Å². The van der Waals surface area contributed by atoms with Crippen molar-refractivity contribution in [2.24, 2.45) is 0 Å². The number of aromatic nitrogens is 4. The quantitative estimate of drug-likeness (QED) is 0.419. The molecule has 4 rings (SSSR count). The van der Waals surface area contributed by atoms with Gasteiger partial charge in [0.1, 0.15) is 18.5 Å². The second kappa shape index (κ2) is 8.84. The van der Waals surface area contributed by atoms with Crippen LogP contribution in [0.25, 0.3) is 11.2 Å². The van der Waals surface area contributed by atoms with Crippen molar-refractivity contribution in [2.75, 3.05) is 50.5 Å². The van der Waals surface area contributed by atoms with Crippen molar-refractivity contribution in [1.29, 1.82) is 0 Å². The predicted molar refractivity (Wildman–Crippen MR) is 113 cm³/mol. The molecule has 0 spiro atoms.